The van der Waals surface area contributed by atoms with Crippen molar-refractivity contribution in [2.75, 3.05) is 12.4 Å². The van der Waals surface area contributed by atoms with Gasteiger partial charge in [-0.1, -0.05) is 0 Å². The minimum atomic E-state index is -1.29. The van der Waals surface area contributed by atoms with Gasteiger partial charge in [0.1, 0.15) is 17.4 Å². The molecule has 0 unspecified atom stereocenters. The molecule has 0 amide bonds. The average molecular weight is 279 g/mol. The number of aromatic carboxylic acids is 1. The monoisotopic (exact) mass is 279 g/mol. The molecule has 2 aromatic rings. The molecule has 0 bridgehead atoms. The van der Waals surface area contributed by atoms with Crippen LogP contribution in [0.2, 0.25) is 0 Å². The first kappa shape index (κ1) is 13.8. The lowest BCUT2D eigenvalue weighted by atomic mass is 10.1. The van der Waals surface area contributed by atoms with Gasteiger partial charge in [0.25, 0.3) is 0 Å². The van der Waals surface area contributed by atoms with Gasteiger partial charge in [-0.3, -0.25) is 0 Å². The summed E-state index contributed by atoms with van der Waals surface area (Å²) in [6.45, 7) is 0. The average Bonchev–Trinajstić information content (AvgIpc) is 2.41. The molecule has 2 N–H and O–H groups in total. The van der Waals surface area contributed by atoms with E-state index in [0.717, 1.165) is 18.2 Å². The number of carbonyl (C=O) groups is 1. The zero-order chi connectivity index (χ0) is 14.7. The zero-order valence-corrected chi connectivity index (χ0v) is 10.5. The van der Waals surface area contributed by atoms with Gasteiger partial charge in [-0.2, -0.15) is 0 Å². The number of halogens is 2. The van der Waals surface area contributed by atoms with Gasteiger partial charge in [-0.25, -0.2) is 13.6 Å². The Bertz CT molecular complexity index is 659. The maximum atomic E-state index is 13.2. The first-order chi connectivity index (χ1) is 9.51. The van der Waals surface area contributed by atoms with Crippen LogP contribution in [-0.2, 0) is 0 Å². The van der Waals surface area contributed by atoms with E-state index in [2.05, 4.69) is 5.32 Å². The largest absolute Gasteiger partial charge is 0.495 e. The molecular weight excluding hydrogens is 268 g/mol. The highest BCUT2D eigenvalue weighted by molar-refractivity contribution is 5.95. The van der Waals surface area contributed by atoms with E-state index in [4.69, 9.17) is 9.84 Å². The summed E-state index contributed by atoms with van der Waals surface area (Å²) >= 11 is 0. The zero-order valence-electron chi connectivity index (χ0n) is 10.5. The van der Waals surface area contributed by atoms with Gasteiger partial charge < -0.3 is 15.2 Å². The second kappa shape index (κ2) is 5.56. The van der Waals surface area contributed by atoms with Gasteiger partial charge in [-0.15, -0.1) is 0 Å². The molecule has 0 aliphatic rings. The van der Waals surface area contributed by atoms with Crippen molar-refractivity contribution < 1.29 is 23.4 Å². The summed E-state index contributed by atoms with van der Waals surface area (Å²) in [7, 11) is 1.40. The third-order valence-corrected chi connectivity index (χ3v) is 2.64. The molecule has 0 spiro atoms. The quantitative estimate of drug-likeness (QED) is 0.900. The second-order valence-electron chi connectivity index (χ2n) is 3.96. The molecule has 0 aliphatic heterocycles. The number of nitrogens with one attached hydrogen (secondary N) is 1. The van der Waals surface area contributed by atoms with Crippen LogP contribution in [0.3, 0.4) is 0 Å². The van der Waals surface area contributed by atoms with Crippen LogP contribution >= 0.6 is 0 Å². The number of carboxylic acid groups (broad SMARTS) is 1. The molecule has 20 heavy (non-hydrogen) atoms. The highest BCUT2D eigenvalue weighted by Crippen LogP contribution is 2.30. The number of hydrogen-bond donors (Lipinski definition) is 2. The van der Waals surface area contributed by atoms with E-state index >= 15 is 0 Å². The van der Waals surface area contributed by atoms with Crippen molar-refractivity contribution >= 4 is 17.3 Å². The maximum Gasteiger partial charge on any atom is 0.337 e. The van der Waals surface area contributed by atoms with Crippen LogP contribution in [0.15, 0.2) is 36.4 Å². The Morgan fingerprint density at radius 1 is 1.10 bits per heavy atom. The van der Waals surface area contributed by atoms with Crippen molar-refractivity contribution in [3.63, 3.8) is 0 Å². The van der Waals surface area contributed by atoms with Crippen LogP contribution < -0.4 is 10.1 Å². The fourth-order valence-electron chi connectivity index (χ4n) is 1.73. The lowest BCUT2D eigenvalue weighted by molar-refractivity contribution is 0.0697. The first-order valence-electron chi connectivity index (χ1n) is 5.64. The molecule has 4 nitrogen and oxygen atoms in total. The Hall–Kier alpha value is -2.63. The lowest BCUT2D eigenvalue weighted by Gasteiger charge is -2.13. The molecular formula is C14H11F2NO3. The summed E-state index contributed by atoms with van der Waals surface area (Å²) in [5, 5.41) is 11.8. The standard InChI is InChI=1S/C14H11F2NO3/c1-20-13-5-3-9(16)7-12(13)17-11-4-2-8(15)6-10(11)14(18)19/h2-7,17H,1H3,(H,18,19). The first-order valence-corrected chi connectivity index (χ1v) is 5.64. The molecule has 0 fully saturated rings. The van der Waals surface area contributed by atoms with Gasteiger partial charge in [0.2, 0.25) is 0 Å². The highest BCUT2D eigenvalue weighted by Gasteiger charge is 2.13. The Morgan fingerprint density at radius 2 is 1.75 bits per heavy atom. The van der Waals surface area contributed by atoms with Crippen molar-refractivity contribution in [2.45, 2.75) is 0 Å². The predicted molar refractivity (Wildman–Crippen MR) is 69.6 cm³/mol. The highest BCUT2D eigenvalue weighted by atomic mass is 19.1. The van der Waals surface area contributed by atoms with Gasteiger partial charge in [0.15, 0.2) is 0 Å². The molecule has 2 aromatic carbocycles. The van der Waals surface area contributed by atoms with Gasteiger partial charge in [-0.05, 0) is 30.3 Å². The summed E-state index contributed by atoms with van der Waals surface area (Å²) in [5.74, 6) is -2.12. The topological polar surface area (TPSA) is 58.6 Å². The van der Waals surface area contributed by atoms with Crippen molar-refractivity contribution in [1.29, 1.82) is 0 Å². The molecule has 0 aliphatic carbocycles. The van der Waals surface area contributed by atoms with Crippen molar-refractivity contribution in [1.82, 2.24) is 0 Å². The Balaban J connectivity index is 2.44. The van der Waals surface area contributed by atoms with E-state index in [1.54, 1.807) is 0 Å². The van der Waals surface area contributed by atoms with Gasteiger partial charge in [0, 0.05) is 6.07 Å². The van der Waals surface area contributed by atoms with Crippen LogP contribution in [0.1, 0.15) is 10.4 Å². The van der Waals surface area contributed by atoms with E-state index in [0.29, 0.717) is 5.75 Å². The van der Waals surface area contributed by atoms with E-state index in [9.17, 15) is 13.6 Å². The number of anilines is 2. The van der Waals surface area contributed by atoms with E-state index in [1.165, 1.54) is 25.3 Å². The molecule has 104 valence electrons. The summed E-state index contributed by atoms with van der Waals surface area (Å²) in [4.78, 5) is 11.1. The van der Waals surface area contributed by atoms with Crippen LogP contribution in [0.25, 0.3) is 0 Å². The number of rotatable bonds is 4. The third kappa shape index (κ3) is 2.85. The van der Waals surface area contributed by atoms with E-state index < -0.39 is 17.6 Å². The fourth-order valence-corrected chi connectivity index (χ4v) is 1.73. The maximum absolute atomic E-state index is 13.2. The lowest BCUT2D eigenvalue weighted by Crippen LogP contribution is -2.04. The van der Waals surface area contributed by atoms with Gasteiger partial charge in [0.05, 0.1) is 24.0 Å². The Labute approximate surface area is 113 Å². The third-order valence-electron chi connectivity index (χ3n) is 2.64. The molecule has 0 saturated carbocycles. The van der Waals surface area contributed by atoms with E-state index in [-0.39, 0.29) is 16.9 Å². The second-order valence-corrected chi connectivity index (χ2v) is 3.96. The summed E-state index contributed by atoms with van der Waals surface area (Å²) in [6.07, 6.45) is 0. The van der Waals surface area contributed by atoms with Crippen molar-refractivity contribution in [3.8, 4) is 5.75 Å². The SMILES string of the molecule is COc1ccc(F)cc1Nc1ccc(F)cc1C(=O)O. The predicted octanol–water partition coefficient (Wildman–Crippen LogP) is 3.42. The summed E-state index contributed by atoms with van der Waals surface area (Å²) < 4.78 is 31.4. The summed E-state index contributed by atoms with van der Waals surface area (Å²) in [5.41, 5.74) is 0.140. The number of carboxylic acids is 1. The minimum Gasteiger partial charge on any atom is -0.495 e. The molecule has 0 radical (unpaired) electrons. The number of ether oxygens (including phenoxy) is 1. The van der Waals surface area contributed by atoms with Crippen LogP contribution in [-0.4, -0.2) is 18.2 Å². The Morgan fingerprint density at radius 3 is 2.40 bits per heavy atom. The normalized spacial score (nSPS) is 10.2. The van der Waals surface area contributed by atoms with E-state index in [1.807, 2.05) is 0 Å². The molecule has 0 aromatic heterocycles. The molecule has 2 rings (SSSR count). The number of hydrogen-bond acceptors (Lipinski definition) is 3. The van der Waals surface area contributed by atoms with Crippen LogP contribution in [0.4, 0.5) is 20.2 Å². The fraction of sp³-hybridized carbons (Fsp3) is 0.0714. The minimum absolute atomic E-state index is 0.141. The van der Waals surface area contributed by atoms with Crippen molar-refractivity contribution in [3.05, 3.63) is 53.6 Å². The molecule has 6 heteroatoms. The number of benzene rings is 2. The molecule has 0 atom stereocenters. The number of methoxy groups -OCH3 is 1. The molecule has 0 saturated heterocycles. The summed E-state index contributed by atoms with van der Waals surface area (Å²) in [6, 6.07) is 7.04. The van der Waals surface area contributed by atoms with Crippen LogP contribution in [0, 0.1) is 11.6 Å². The molecule has 0 heterocycles. The van der Waals surface area contributed by atoms with Crippen molar-refractivity contribution in [2.24, 2.45) is 0 Å². The van der Waals surface area contributed by atoms with Crippen LogP contribution in [0.5, 0.6) is 5.75 Å². The van der Waals surface area contributed by atoms with Gasteiger partial charge >= 0.3 is 5.97 Å². The Kier molecular flexibility index (Phi) is 3.84. The smallest absolute Gasteiger partial charge is 0.337 e.